The Morgan fingerprint density at radius 2 is 1.34 bits per heavy atom. The monoisotopic (exact) mass is 884 g/mol. The van der Waals surface area contributed by atoms with E-state index in [0.717, 1.165) is 51.6 Å². The zero-order valence-electron chi connectivity index (χ0n) is 36.6. The molecule has 5 heterocycles. The van der Waals surface area contributed by atoms with Gasteiger partial charge in [0.1, 0.15) is 67.1 Å². The van der Waals surface area contributed by atoms with E-state index in [4.69, 9.17) is 37.9 Å². The summed E-state index contributed by atoms with van der Waals surface area (Å²) in [7, 11) is 0. The third kappa shape index (κ3) is 7.49. The first-order chi connectivity index (χ1) is 29.4. The highest BCUT2D eigenvalue weighted by Crippen LogP contribution is 2.70. The van der Waals surface area contributed by atoms with Gasteiger partial charge in [0.25, 0.3) is 0 Å². The van der Waals surface area contributed by atoms with E-state index in [1.165, 1.54) is 12.5 Å². The van der Waals surface area contributed by atoms with E-state index < -0.39 is 117 Å². The molecule has 5 aliphatic heterocycles. The number of allylic oxidation sites excluding steroid dienone is 1. The highest BCUT2D eigenvalue weighted by molar-refractivity contribution is 5.26. The summed E-state index contributed by atoms with van der Waals surface area (Å²) in [6.07, 6.45) is -12.4. The average Bonchev–Trinajstić information content (AvgIpc) is 3.70. The standard InChI is InChI=1S/C45H72O17/c1-19-8-13-45(55-18-19)20(2)30-27(62-45)15-26-24-7-6-22-14-23(9-11-43(22,4)25(24)10-12-44(26,30)5)57-42-39(61-41-37(54)35(52)32(49)28(16-46)58-41)38(33(50)29(17-47)59-42)60-40-36(53)34(51)31(48)21(3)56-40/h6,19-21,23-42,46-54H,7-18H2,1-5H3/t19-,20+,21-,23+,24+,25-,26-,27-,28-,29+,30+,31+,32-,33+,34-,35+,36+,37+,38-,39+,40+,41+,42+,43-,44-,45-/m1/s1. The molecule has 0 radical (unpaired) electrons. The molecule has 0 aromatic carbocycles. The molecular weight excluding hydrogens is 812 g/mol. The van der Waals surface area contributed by atoms with E-state index in [-0.39, 0.29) is 16.9 Å². The van der Waals surface area contributed by atoms with Gasteiger partial charge in [-0.15, -0.1) is 0 Å². The van der Waals surface area contributed by atoms with Gasteiger partial charge in [0.15, 0.2) is 24.7 Å². The topological polar surface area (TPSA) is 256 Å². The Labute approximate surface area is 363 Å². The normalized spacial score (nSPS) is 57.6. The Balaban J connectivity index is 0.941. The fraction of sp³-hybridized carbons (Fsp3) is 0.956. The van der Waals surface area contributed by atoms with Gasteiger partial charge in [0, 0.05) is 12.3 Å². The van der Waals surface area contributed by atoms with E-state index >= 15 is 0 Å². The second-order valence-corrected chi connectivity index (χ2v) is 21.1. The van der Waals surface area contributed by atoms with Crippen molar-refractivity contribution in [3.63, 3.8) is 0 Å². The van der Waals surface area contributed by atoms with Crippen molar-refractivity contribution in [3.8, 4) is 0 Å². The molecule has 0 unspecified atom stereocenters. The molecule has 17 nitrogen and oxygen atoms in total. The van der Waals surface area contributed by atoms with Crippen molar-refractivity contribution in [1.29, 1.82) is 0 Å². The van der Waals surface area contributed by atoms with Gasteiger partial charge in [-0.05, 0) is 98.7 Å². The second kappa shape index (κ2) is 17.3. The van der Waals surface area contributed by atoms with Gasteiger partial charge < -0.3 is 83.9 Å². The van der Waals surface area contributed by atoms with Crippen molar-refractivity contribution in [2.45, 2.75) is 203 Å². The van der Waals surface area contributed by atoms with Crippen LogP contribution in [0.3, 0.4) is 0 Å². The Kier molecular flexibility index (Phi) is 12.9. The SMILES string of the molecule is C[C@@H]1CC[C@@]2(OC1)O[C@@H]1C[C@@H]3[C@H]4CC=C5C[C@@H](O[C@H]6O[C@@H](CO)[C@H](O)[C@@H](O[C@@H]7O[C@H](C)[C@H](O)[C@@H](O)[C@@H]7O)[C@@H]6O[C@@H]6O[C@H](CO)[C@@H](O)[C@H](O)[C@@H]6O)CC[C@@]5(C)[C@@H]4CC[C@@]3(C)[C@H]1[C@@H]2C. The maximum Gasteiger partial charge on any atom is 0.187 e. The van der Waals surface area contributed by atoms with Crippen LogP contribution in [0.15, 0.2) is 11.6 Å². The number of aliphatic hydroxyl groups excluding tert-OH is 9. The third-order valence-corrected chi connectivity index (χ3v) is 17.7. The summed E-state index contributed by atoms with van der Waals surface area (Å²) in [5.74, 6) is 2.51. The lowest BCUT2D eigenvalue weighted by atomic mass is 9.47. The van der Waals surface area contributed by atoms with Crippen LogP contribution in [-0.2, 0) is 37.9 Å². The first-order valence-electron chi connectivity index (χ1n) is 23.4. The summed E-state index contributed by atoms with van der Waals surface area (Å²) in [5.41, 5.74) is 1.45. The lowest BCUT2D eigenvalue weighted by molar-refractivity contribution is -0.394. The largest absolute Gasteiger partial charge is 0.394 e. The van der Waals surface area contributed by atoms with E-state index in [1.54, 1.807) is 0 Å². The van der Waals surface area contributed by atoms with Crippen molar-refractivity contribution < 1.29 is 83.9 Å². The first-order valence-corrected chi connectivity index (χ1v) is 23.4. The molecule has 26 atom stereocenters. The van der Waals surface area contributed by atoms with Crippen molar-refractivity contribution >= 4 is 0 Å². The van der Waals surface area contributed by atoms with E-state index in [0.29, 0.717) is 48.3 Å². The summed E-state index contributed by atoms with van der Waals surface area (Å²) in [5, 5.41) is 95.8. The van der Waals surface area contributed by atoms with Crippen LogP contribution in [0.1, 0.15) is 92.4 Å². The molecular formula is C45H72O17. The molecule has 9 N–H and O–H groups in total. The summed E-state index contributed by atoms with van der Waals surface area (Å²) in [4.78, 5) is 0. The molecule has 9 rings (SSSR count). The zero-order valence-corrected chi connectivity index (χ0v) is 36.6. The fourth-order valence-electron chi connectivity index (χ4n) is 14.0. The Morgan fingerprint density at radius 3 is 2.03 bits per heavy atom. The van der Waals surface area contributed by atoms with Gasteiger partial charge >= 0.3 is 0 Å². The van der Waals surface area contributed by atoms with Crippen LogP contribution in [0.5, 0.6) is 0 Å². The minimum Gasteiger partial charge on any atom is -0.394 e. The smallest absolute Gasteiger partial charge is 0.187 e. The van der Waals surface area contributed by atoms with Crippen molar-refractivity contribution in [2.75, 3.05) is 19.8 Å². The number of rotatable bonds is 8. The molecule has 4 aliphatic carbocycles. The predicted molar refractivity (Wildman–Crippen MR) is 214 cm³/mol. The molecule has 8 fully saturated rings. The molecule has 17 heteroatoms. The Morgan fingerprint density at radius 1 is 0.677 bits per heavy atom. The zero-order chi connectivity index (χ0) is 44.2. The second-order valence-electron chi connectivity index (χ2n) is 21.1. The maximum atomic E-state index is 11.6. The number of fused-ring (bicyclic) bond motifs is 7. The minimum absolute atomic E-state index is 0.0518. The van der Waals surface area contributed by atoms with Crippen LogP contribution in [0, 0.1) is 46.3 Å². The first kappa shape index (κ1) is 46.2. The molecule has 1 spiro atoms. The van der Waals surface area contributed by atoms with Gasteiger partial charge in [0.2, 0.25) is 0 Å². The molecule has 0 aromatic heterocycles. The van der Waals surface area contributed by atoms with E-state index in [2.05, 4.69) is 33.8 Å². The molecule has 0 aromatic rings. The quantitative estimate of drug-likeness (QED) is 0.148. The van der Waals surface area contributed by atoms with Crippen molar-refractivity contribution in [2.24, 2.45) is 46.3 Å². The molecule has 9 aliphatic rings. The average molecular weight is 885 g/mol. The molecule has 354 valence electrons. The van der Waals surface area contributed by atoms with Gasteiger partial charge in [-0.25, -0.2) is 0 Å². The van der Waals surface area contributed by atoms with E-state index in [1.807, 2.05) is 0 Å². The highest BCUT2D eigenvalue weighted by Gasteiger charge is 2.69. The summed E-state index contributed by atoms with van der Waals surface area (Å²) in [6, 6.07) is 0. The summed E-state index contributed by atoms with van der Waals surface area (Å²) < 4.78 is 50.3. The summed E-state index contributed by atoms with van der Waals surface area (Å²) in [6.45, 7) is 10.4. The van der Waals surface area contributed by atoms with Gasteiger partial charge in [0.05, 0.1) is 38.1 Å². The minimum atomic E-state index is -1.83. The van der Waals surface area contributed by atoms with Crippen molar-refractivity contribution in [1.82, 2.24) is 0 Å². The molecule has 0 bridgehead atoms. The summed E-state index contributed by atoms with van der Waals surface area (Å²) >= 11 is 0. The van der Waals surface area contributed by atoms with Gasteiger partial charge in [-0.2, -0.15) is 0 Å². The van der Waals surface area contributed by atoms with Crippen LogP contribution >= 0.6 is 0 Å². The van der Waals surface area contributed by atoms with Gasteiger partial charge in [-0.1, -0.05) is 39.3 Å². The van der Waals surface area contributed by atoms with Gasteiger partial charge in [-0.3, -0.25) is 0 Å². The van der Waals surface area contributed by atoms with Crippen LogP contribution < -0.4 is 0 Å². The van der Waals surface area contributed by atoms with Crippen LogP contribution in [0.2, 0.25) is 0 Å². The lowest BCUT2D eigenvalue weighted by Crippen LogP contribution is -2.67. The molecule has 0 amide bonds. The third-order valence-electron chi connectivity index (χ3n) is 17.7. The molecule has 5 saturated heterocycles. The number of hydrogen-bond acceptors (Lipinski definition) is 17. The number of hydrogen-bond donors (Lipinski definition) is 9. The highest BCUT2D eigenvalue weighted by atomic mass is 16.8. The van der Waals surface area contributed by atoms with Crippen LogP contribution in [-0.4, -0.2) is 176 Å². The molecule has 3 saturated carbocycles. The number of ether oxygens (including phenoxy) is 8. The fourth-order valence-corrected chi connectivity index (χ4v) is 14.0. The maximum absolute atomic E-state index is 11.6. The lowest BCUT2D eigenvalue weighted by Gasteiger charge is -2.59. The predicted octanol–water partition coefficient (Wildman–Crippen LogP) is 0.214. The van der Waals surface area contributed by atoms with Crippen LogP contribution in [0.4, 0.5) is 0 Å². The Bertz CT molecular complexity index is 1610. The molecule has 62 heavy (non-hydrogen) atoms. The van der Waals surface area contributed by atoms with Crippen molar-refractivity contribution in [3.05, 3.63) is 11.6 Å². The number of aliphatic hydroxyl groups is 9. The van der Waals surface area contributed by atoms with E-state index in [9.17, 15) is 46.0 Å². The van der Waals surface area contributed by atoms with Crippen LogP contribution in [0.25, 0.3) is 0 Å². The Hall–Kier alpha value is -0.940.